The third-order valence-corrected chi connectivity index (χ3v) is 3.47. The molecule has 0 amide bonds. The minimum absolute atomic E-state index is 0.315. The van der Waals surface area contributed by atoms with Gasteiger partial charge in [-0.2, -0.15) is 0 Å². The summed E-state index contributed by atoms with van der Waals surface area (Å²) >= 11 is 7.78. The highest BCUT2D eigenvalue weighted by Gasteiger charge is 2.14. The second-order valence-electron chi connectivity index (χ2n) is 3.36. The van der Waals surface area contributed by atoms with Gasteiger partial charge in [0.25, 0.3) is 0 Å². The first-order valence-corrected chi connectivity index (χ1v) is 6.05. The normalized spacial score (nSPS) is 21.9. The zero-order valence-electron chi connectivity index (χ0n) is 8.03. The van der Waals surface area contributed by atoms with Gasteiger partial charge in [0.15, 0.2) is 0 Å². The molecule has 1 aliphatic rings. The van der Waals surface area contributed by atoms with E-state index in [2.05, 4.69) is 18.0 Å². The molecule has 0 bridgehead atoms. The maximum Gasteiger partial charge on any atom is 0.0766 e. The second-order valence-corrected chi connectivity index (χ2v) is 5.08. The number of nitrogens with zero attached hydrogens (tertiary/aromatic N) is 1. The highest BCUT2D eigenvalue weighted by molar-refractivity contribution is 8.13. The lowest BCUT2D eigenvalue weighted by Gasteiger charge is -2.18. The van der Waals surface area contributed by atoms with Crippen molar-refractivity contribution in [3.8, 4) is 0 Å². The van der Waals surface area contributed by atoms with Crippen LogP contribution in [0.2, 0.25) is 5.02 Å². The molecule has 1 unspecified atom stereocenters. The van der Waals surface area contributed by atoms with E-state index in [1.807, 2.05) is 30.0 Å². The Morgan fingerprint density at radius 2 is 2.36 bits per heavy atom. The molecule has 0 aromatic heterocycles. The highest BCUT2D eigenvalue weighted by atomic mass is 35.5. The summed E-state index contributed by atoms with van der Waals surface area (Å²) in [6.07, 6.45) is 1.11. The first-order valence-electron chi connectivity index (χ1n) is 4.68. The first-order chi connectivity index (χ1) is 6.75. The van der Waals surface area contributed by atoms with Gasteiger partial charge in [-0.25, -0.2) is 0 Å². The van der Waals surface area contributed by atoms with Gasteiger partial charge in [0.2, 0.25) is 0 Å². The molecule has 0 N–H and O–H groups in total. The van der Waals surface area contributed by atoms with E-state index in [1.165, 1.54) is 10.6 Å². The van der Waals surface area contributed by atoms with Gasteiger partial charge in [-0.15, -0.1) is 11.8 Å². The van der Waals surface area contributed by atoms with Crippen LogP contribution in [0.15, 0.2) is 29.3 Å². The molecular weight excluding hydrogens is 214 g/mol. The van der Waals surface area contributed by atoms with Crippen molar-refractivity contribution in [2.75, 3.05) is 5.75 Å². The summed E-state index contributed by atoms with van der Waals surface area (Å²) in [6.45, 7) is 2.07. The quantitative estimate of drug-likeness (QED) is 0.705. The molecule has 1 heterocycles. The number of halogens is 1. The molecule has 0 aliphatic carbocycles. The van der Waals surface area contributed by atoms with Crippen LogP contribution >= 0.6 is 23.4 Å². The standard InChI is InChI=1S/C11H12ClNS/c1-8-13-11(5-6-14-8)9-3-2-4-10(12)7-9/h2-4,7,11H,5-6H2,1H3. The predicted molar refractivity (Wildman–Crippen MR) is 64.4 cm³/mol. The average Bonchev–Trinajstić information content (AvgIpc) is 2.18. The maximum atomic E-state index is 5.95. The largest absolute Gasteiger partial charge is 0.275 e. The monoisotopic (exact) mass is 225 g/mol. The Balaban J connectivity index is 2.26. The summed E-state index contributed by atoms with van der Waals surface area (Å²) in [7, 11) is 0. The van der Waals surface area contributed by atoms with Crippen LogP contribution in [-0.2, 0) is 0 Å². The van der Waals surface area contributed by atoms with Gasteiger partial charge in [-0.05, 0) is 31.0 Å². The Bertz CT molecular complexity index is 362. The molecule has 0 saturated heterocycles. The number of thioether (sulfide) groups is 1. The SMILES string of the molecule is CC1=NC(c2cccc(Cl)c2)CCS1. The zero-order valence-corrected chi connectivity index (χ0v) is 9.61. The lowest BCUT2D eigenvalue weighted by Crippen LogP contribution is -2.06. The van der Waals surface area contributed by atoms with Gasteiger partial charge >= 0.3 is 0 Å². The molecular formula is C11H12ClNS. The third kappa shape index (κ3) is 2.31. The number of hydrogen-bond donors (Lipinski definition) is 0. The molecule has 3 heteroatoms. The maximum absolute atomic E-state index is 5.95. The van der Waals surface area contributed by atoms with Gasteiger partial charge in [-0.1, -0.05) is 23.7 Å². The van der Waals surface area contributed by atoms with Crippen molar-refractivity contribution in [1.82, 2.24) is 0 Å². The smallest absolute Gasteiger partial charge is 0.0766 e. The van der Waals surface area contributed by atoms with Crippen LogP contribution in [0.25, 0.3) is 0 Å². The number of benzene rings is 1. The number of rotatable bonds is 1. The fourth-order valence-electron chi connectivity index (χ4n) is 1.59. The summed E-state index contributed by atoms with van der Waals surface area (Å²) in [5.41, 5.74) is 1.23. The molecule has 1 aliphatic heterocycles. The summed E-state index contributed by atoms with van der Waals surface area (Å²) in [5, 5.41) is 1.98. The lowest BCUT2D eigenvalue weighted by molar-refractivity contribution is 0.704. The summed E-state index contributed by atoms with van der Waals surface area (Å²) in [5.74, 6) is 1.16. The molecule has 2 rings (SSSR count). The summed E-state index contributed by atoms with van der Waals surface area (Å²) < 4.78 is 0. The van der Waals surface area contributed by atoms with Crippen LogP contribution in [0, 0.1) is 0 Å². The van der Waals surface area contributed by atoms with Crippen molar-refractivity contribution in [2.24, 2.45) is 4.99 Å². The van der Waals surface area contributed by atoms with Gasteiger partial charge in [0.05, 0.1) is 11.1 Å². The molecule has 0 saturated carbocycles. The fourth-order valence-corrected chi connectivity index (χ4v) is 2.63. The Hall–Kier alpha value is -0.470. The van der Waals surface area contributed by atoms with Crippen molar-refractivity contribution in [2.45, 2.75) is 19.4 Å². The Labute approximate surface area is 93.6 Å². The number of aliphatic imine (C=N–C) groups is 1. The Morgan fingerprint density at radius 1 is 1.50 bits per heavy atom. The van der Waals surface area contributed by atoms with Crippen molar-refractivity contribution in [1.29, 1.82) is 0 Å². The van der Waals surface area contributed by atoms with Gasteiger partial charge in [0, 0.05) is 10.8 Å². The molecule has 1 nitrogen and oxygen atoms in total. The predicted octanol–water partition coefficient (Wildman–Crippen LogP) is 3.94. The second kappa shape index (κ2) is 4.37. The van der Waals surface area contributed by atoms with Crippen LogP contribution in [-0.4, -0.2) is 10.8 Å². The van der Waals surface area contributed by atoms with Crippen LogP contribution in [0.5, 0.6) is 0 Å². The van der Waals surface area contributed by atoms with Gasteiger partial charge in [0.1, 0.15) is 0 Å². The van der Waals surface area contributed by atoms with Crippen LogP contribution in [0.4, 0.5) is 0 Å². The highest BCUT2D eigenvalue weighted by Crippen LogP contribution is 2.30. The molecule has 74 valence electrons. The first kappa shape index (κ1) is 10.1. The van der Waals surface area contributed by atoms with E-state index in [1.54, 1.807) is 0 Å². The van der Waals surface area contributed by atoms with E-state index >= 15 is 0 Å². The molecule has 0 spiro atoms. The van der Waals surface area contributed by atoms with E-state index in [9.17, 15) is 0 Å². The fraction of sp³-hybridized carbons (Fsp3) is 0.364. The average molecular weight is 226 g/mol. The number of hydrogen-bond acceptors (Lipinski definition) is 2. The lowest BCUT2D eigenvalue weighted by atomic mass is 10.1. The van der Waals surface area contributed by atoms with Crippen LogP contribution in [0.1, 0.15) is 24.9 Å². The minimum Gasteiger partial charge on any atom is -0.275 e. The van der Waals surface area contributed by atoms with Gasteiger partial charge < -0.3 is 0 Å². The molecule has 0 fully saturated rings. The molecule has 14 heavy (non-hydrogen) atoms. The topological polar surface area (TPSA) is 12.4 Å². The van der Waals surface area contributed by atoms with Crippen molar-refractivity contribution >= 4 is 28.4 Å². The Kier molecular flexibility index (Phi) is 3.14. The molecule has 1 aromatic carbocycles. The van der Waals surface area contributed by atoms with Crippen LogP contribution in [0.3, 0.4) is 0 Å². The van der Waals surface area contributed by atoms with Crippen molar-refractivity contribution in [3.05, 3.63) is 34.9 Å². The van der Waals surface area contributed by atoms with Gasteiger partial charge in [-0.3, -0.25) is 4.99 Å². The third-order valence-electron chi connectivity index (χ3n) is 2.27. The van der Waals surface area contributed by atoms with E-state index in [-0.39, 0.29) is 0 Å². The Morgan fingerprint density at radius 3 is 3.07 bits per heavy atom. The van der Waals surface area contributed by atoms with Crippen LogP contribution < -0.4 is 0 Å². The van der Waals surface area contributed by atoms with E-state index in [0.29, 0.717) is 6.04 Å². The summed E-state index contributed by atoms with van der Waals surface area (Å²) in [4.78, 5) is 4.61. The zero-order chi connectivity index (χ0) is 9.97. The summed E-state index contributed by atoms with van der Waals surface area (Å²) in [6, 6.07) is 8.32. The van der Waals surface area contributed by atoms with Crippen molar-refractivity contribution in [3.63, 3.8) is 0 Å². The van der Waals surface area contributed by atoms with E-state index < -0.39 is 0 Å². The van der Waals surface area contributed by atoms with Crippen molar-refractivity contribution < 1.29 is 0 Å². The molecule has 1 aromatic rings. The minimum atomic E-state index is 0.315. The molecule has 0 radical (unpaired) electrons. The van der Waals surface area contributed by atoms with E-state index in [4.69, 9.17) is 11.6 Å². The molecule has 1 atom stereocenters. The van der Waals surface area contributed by atoms with E-state index in [0.717, 1.165) is 17.2 Å².